The second kappa shape index (κ2) is 5.77. The van der Waals surface area contributed by atoms with E-state index in [4.69, 9.17) is 23.2 Å². The minimum absolute atomic E-state index is 0.725. The molecule has 4 rings (SSSR count). The number of fused-ring (bicyclic) bond motifs is 2. The lowest BCUT2D eigenvalue weighted by atomic mass is 10.0. The van der Waals surface area contributed by atoms with Crippen molar-refractivity contribution in [2.75, 3.05) is 5.32 Å². The molecule has 1 nitrogen and oxygen atoms in total. The molecule has 112 valence electrons. The first-order valence-electron chi connectivity index (χ1n) is 7.35. The Morgan fingerprint density at radius 2 is 1.39 bits per heavy atom. The number of para-hydroxylation sites is 1. The van der Waals surface area contributed by atoms with Crippen molar-refractivity contribution < 1.29 is 0 Å². The summed E-state index contributed by atoms with van der Waals surface area (Å²) < 4.78 is 0. The average Bonchev–Trinajstić information content (AvgIpc) is 2.57. The summed E-state index contributed by atoms with van der Waals surface area (Å²) in [7, 11) is 0. The molecule has 23 heavy (non-hydrogen) atoms. The van der Waals surface area contributed by atoms with Gasteiger partial charge in [0.25, 0.3) is 0 Å². The minimum atomic E-state index is 0.725. The van der Waals surface area contributed by atoms with Gasteiger partial charge < -0.3 is 5.32 Å². The molecule has 0 aromatic heterocycles. The summed E-state index contributed by atoms with van der Waals surface area (Å²) in [5.74, 6) is 0. The Morgan fingerprint density at radius 1 is 0.652 bits per heavy atom. The first-order valence-corrected chi connectivity index (χ1v) is 8.11. The largest absolute Gasteiger partial charge is 0.354 e. The molecule has 0 spiro atoms. The van der Waals surface area contributed by atoms with Crippen LogP contribution in [0.4, 0.5) is 11.4 Å². The summed E-state index contributed by atoms with van der Waals surface area (Å²) in [4.78, 5) is 0. The topological polar surface area (TPSA) is 12.0 Å². The summed E-state index contributed by atoms with van der Waals surface area (Å²) in [6, 6.07) is 24.0. The summed E-state index contributed by atoms with van der Waals surface area (Å²) in [5, 5.41) is 9.12. The number of hydrogen-bond acceptors (Lipinski definition) is 1. The van der Waals surface area contributed by atoms with Gasteiger partial charge in [-0.15, -0.1) is 0 Å². The van der Waals surface area contributed by atoms with Crippen molar-refractivity contribution in [3.63, 3.8) is 0 Å². The van der Waals surface area contributed by atoms with Crippen molar-refractivity contribution in [3.8, 4) is 0 Å². The highest BCUT2D eigenvalue weighted by molar-refractivity contribution is 6.40. The highest BCUT2D eigenvalue weighted by Crippen LogP contribution is 2.40. The van der Waals surface area contributed by atoms with Crippen LogP contribution in [0.15, 0.2) is 72.8 Å². The second-order valence-electron chi connectivity index (χ2n) is 5.42. The van der Waals surface area contributed by atoms with E-state index >= 15 is 0 Å². The van der Waals surface area contributed by atoms with Gasteiger partial charge in [-0.05, 0) is 35.7 Å². The maximum atomic E-state index is 6.50. The average molecular weight is 338 g/mol. The van der Waals surface area contributed by atoms with E-state index in [-0.39, 0.29) is 0 Å². The van der Waals surface area contributed by atoms with E-state index in [0.717, 1.165) is 43.0 Å². The van der Waals surface area contributed by atoms with E-state index in [0.29, 0.717) is 0 Å². The van der Waals surface area contributed by atoms with Gasteiger partial charge in [0.2, 0.25) is 0 Å². The van der Waals surface area contributed by atoms with Crippen LogP contribution >= 0.6 is 23.2 Å². The molecule has 0 atom stereocenters. The van der Waals surface area contributed by atoms with Crippen LogP contribution in [0.25, 0.3) is 21.5 Å². The summed E-state index contributed by atoms with van der Waals surface area (Å²) in [6.45, 7) is 0. The van der Waals surface area contributed by atoms with E-state index in [9.17, 15) is 0 Å². The molecule has 0 saturated heterocycles. The Bertz CT molecular complexity index is 1010. The smallest absolute Gasteiger partial charge is 0.0559 e. The van der Waals surface area contributed by atoms with Crippen molar-refractivity contribution in [1.29, 1.82) is 0 Å². The monoisotopic (exact) mass is 337 g/mol. The van der Waals surface area contributed by atoms with E-state index in [1.807, 2.05) is 54.6 Å². The fourth-order valence-corrected chi connectivity index (χ4v) is 3.42. The van der Waals surface area contributed by atoms with Gasteiger partial charge >= 0.3 is 0 Å². The van der Waals surface area contributed by atoms with Crippen molar-refractivity contribution in [1.82, 2.24) is 0 Å². The fraction of sp³-hybridized carbons (Fsp3) is 0. The third-order valence-electron chi connectivity index (χ3n) is 3.96. The minimum Gasteiger partial charge on any atom is -0.354 e. The zero-order valence-electron chi connectivity index (χ0n) is 12.2. The van der Waals surface area contributed by atoms with Crippen LogP contribution in [0, 0.1) is 0 Å². The lowest BCUT2D eigenvalue weighted by molar-refractivity contribution is 1.60. The van der Waals surface area contributed by atoms with Gasteiger partial charge in [-0.25, -0.2) is 0 Å². The van der Waals surface area contributed by atoms with Gasteiger partial charge in [-0.3, -0.25) is 0 Å². The summed E-state index contributed by atoms with van der Waals surface area (Å²) in [5.41, 5.74) is 2.00. The number of halogens is 2. The lowest BCUT2D eigenvalue weighted by Crippen LogP contribution is -1.94. The van der Waals surface area contributed by atoms with Crippen LogP contribution in [-0.2, 0) is 0 Å². The maximum absolute atomic E-state index is 6.50. The second-order valence-corrected chi connectivity index (χ2v) is 6.23. The molecule has 0 aliphatic heterocycles. The van der Waals surface area contributed by atoms with Crippen molar-refractivity contribution in [3.05, 3.63) is 82.8 Å². The zero-order chi connectivity index (χ0) is 15.8. The Kier molecular flexibility index (Phi) is 3.60. The molecule has 3 heteroatoms. The van der Waals surface area contributed by atoms with Gasteiger partial charge in [-0.1, -0.05) is 65.7 Å². The number of nitrogens with one attached hydrogen (secondary N) is 1. The zero-order valence-corrected chi connectivity index (χ0v) is 13.7. The predicted molar refractivity (Wildman–Crippen MR) is 101 cm³/mol. The van der Waals surface area contributed by atoms with Crippen LogP contribution in [0.1, 0.15) is 0 Å². The van der Waals surface area contributed by atoms with E-state index in [1.54, 1.807) is 0 Å². The standard InChI is InChI=1S/C20H13Cl2N/c21-17-10-5-9-15-16(17)12-13-6-4-11-18(22)19(13)20(15)23-14-7-2-1-3-8-14/h1-12,23H. The molecular formula is C20H13Cl2N. The first kappa shape index (κ1) is 14.4. The molecule has 4 aromatic carbocycles. The molecule has 0 unspecified atom stereocenters. The van der Waals surface area contributed by atoms with Gasteiger partial charge in [0, 0.05) is 26.9 Å². The molecule has 1 N–H and O–H groups in total. The quantitative estimate of drug-likeness (QED) is 0.386. The molecular weight excluding hydrogens is 325 g/mol. The third-order valence-corrected chi connectivity index (χ3v) is 4.61. The van der Waals surface area contributed by atoms with Crippen molar-refractivity contribution in [2.45, 2.75) is 0 Å². The van der Waals surface area contributed by atoms with E-state index in [1.165, 1.54) is 0 Å². The highest BCUT2D eigenvalue weighted by Gasteiger charge is 2.12. The predicted octanol–water partition coefficient (Wildman–Crippen LogP) is 7.04. The third kappa shape index (κ3) is 2.52. The lowest BCUT2D eigenvalue weighted by Gasteiger charge is -2.15. The molecule has 4 aromatic rings. The van der Waals surface area contributed by atoms with Crippen LogP contribution in [0.3, 0.4) is 0 Å². The number of benzene rings is 4. The molecule has 0 aliphatic rings. The molecule has 0 bridgehead atoms. The number of hydrogen-bond donors (Lipinski definition) is 1. The van der Waals surface area contributed by atoms with Gasteiger partial charge in [-0.2, -0.15) is 0 Å². The summed E-state index contributed by atoms with van der Waals surface area (Å²) >= 11 is 12.9. The van der Waals surface area contributed by atoms with Crippen LogP contribution < -0.4 is 5.32 Å². The van der Waals surface area contributed by atoms with Crippen molar-refractivity contribution >= 4 is 56.1 Å². The molecule has 0 amide bonds. The Balaban J connectivity index is 2.10. The SMILES string of the molecule is Clc1cccc2c(Nc3ccccc3)c3c(Cl)cccc3cc12. The maximum Gasteiger partial charge on any atom is 0.0559 e. The Morgan fingerprint density at radius 3 is 2.22 bits per heavy atom. The van der Waals surface area contributed by atoms with Crippen LogP contribution in [-0.4, -0.2) is 0 Å². The number of rotatable bonds is 2. The normalized spacial score (nSPS) is 11.0. The van der Waals surface area contributed by atoms with Gasteiger partial charge in [0.15, 0.2) is 0 Å². The number of anilines is 2. The van der Waals surface area contributed by atoms with Crippen LogP contribution in [0.2, 0.25) is 10.0 Å². The summed E-state index contributed by atoms with van der Waals surface area (Å²) in [6.07, 6.45) is 0. The molecule has 0 aliphatic carbocycles. The van der Waals surface area contributed by atoms with Crippen LogP contribution in [0.5, 0.6) is 0 Å². The molecule has 0 fully saturated rings. The fourth-order valence-electron chi connectivity index (χ4n) is 2.91. The Labute approximate surface area is 144 Å². The molecule has 0 heterocycles. The van der Waals surface area contributed by atoms with Gasteiger partial charge in [0.05, 0.1) is 10.7 Å². The molecule has 0 saturated carbocycles. The highest BCUT2D eigenvalue weighted by atomic mass is 35.5. The van der Waals surface area contributed by atoms with E-state index in [2.05, 4.69) is 23.5 Å². The Hall–Kier alpha value is -2.22. The first-order chi connectivity index (χ1) is 11.2. The van der Waals surface area contributed by atoms with E-state index < -0.39 is 0 Å². The van der Waals surface area contributed by atoms with Crippen molar-refractivity contribution in [2.24, 2.45) is 0 Å². The molecule has 0 radical (unpaired) electrons. The van der Waals surface area contributed by atoms with Gasteiger partial charge in [0.1, 0.15) is 0 Å².